The highest BCUT2D eigenvalue weighted by Gasteiger charge is 2.26. The van der Waals surface area contributed by atoms with Gasteiger partial charge in [-0.2, -0.15) is 0 Å². The lowest BCUT2D eigenvalue weighted by Gasteiger charge is -2.14. The van der Waals surface area contributed by atoms with Gasteiger partial charge in [-0.25, -0.2) is 4.79 Å². The molecule has 0 saturated heterocycles. The topological polar surface area (TPSA) is 88.9 Å². The predicted octanol–water partition coefficient (Wildman–Crippen LogP) is 4.06. The molecule has 0 spiro atoms. The number of aromatic nitrogens is 3. The Hall–Kier alpha value is -2.84. The Bertz CT molecular complexity index is 1050. The van der Waals surface area contributed by atoms with Crippen molar-refractivity contribution in [1.29, 1.82) is 0 Å². The highest BCUT2D eigenvalue weighted by atomic mass is 35.5. The van der Waals surface area contributed by atoms with E-state index in [0.29, 0.717) is 16.0 Å². The standard InChI is InChI=1S/C21H20ClN5O2S/c1-13(19(28)24-20(29)23-16-11-12-16)30-21-26-25-18(14-7-9-15(22)10-8-14)27(21)17-5-3-2-4-6-17/h2-10,13,16H,11-12H2,1H3,(H2,23,24,28,29). The van der Waals surface area contributed by atoms with Crippen LogP contribution < -0.4 is 10.6 Å². The number of carbonyl (C=O) groups excluding carboxylic acids is 2. The first kappa shape index (κ1) is 20.4. The van der Waals surface area contributed by atoms with Crippen LogP contribution in [-0.4, -0.2) is 38.0 Å². The second kappa shape index (κ2) is 8.89. The van der Waals surface area contributed by atoms with E-state index in [4.69, 9.17) is 11.6 Å². The number of nitrogens with one attached hydrogen (secondary N) is 2. The predicted molar refractivity (Wildman–Crippen MR) is 117 cm³/mol. The van der Waals surface area contributed by atoms with Crippen LogP contribution in [0.4, 0.5) is 4.79 Å². The van der Waals surface area contributed by atoms with E-state index in [2.05, 4.69) is 20.8 Å². The number of carbonyl (C=O) groups is 2. The zero-order valence-electron chi connectivity index (χ0n) is 16.2. The molecule has 154 valence electrons. The highest BCUT2D eigenvalue weighted by Crippen LogP contribution is 2.30. The summed E-state index contributed by atoms with van der Waals surface area (Å²) in [5.41, 5.74) is 1.72. The van der Waals surface area contributed by atoms with Crippen molar-refractivity contribution in [3.63, 3.8) is 0 Å². The van der Waals surface area contributed by atoms with E-state index < -0.39 is 11.3 Å². The van der Waals surface area contributed by atoms with Gasteiger partial charge in [0.15, 0.2) is 11.0 Å². The van der Waals surface area contributed by atoms with Crippen LogP contribution in [0.15, 0.2) is 59.8 Å². The lowest BCUT2D eigenvalue weighted by Crippen LogP contribution is -2.43. The SMILES string of the molecule is CC(Sc1nnc(-c2ccc(Cl)cc2)n1-c1ccccc1)C(=O)NC(=O)NC1CC1. The second-order valence-corrected chi connectivity index (χ2v) is 8.73. The van der Waals surface area contributed by atoms with Crippen molar-refractivity contribution in [1.82, 2.24) is 25.4 Å². The van der Waals surface area contributed by atoms with Crippen LogP contribution in [-0.2, 0) is 4.79 Å². The maximum atomic E-state index is 12.5. The van der Waals surface area contributed by atoms with Gasteiger partial charge in [-0.15, -0.1) is 10.2 Å². The molecule has 4 rings (SSSR count). The number of urea groups is 1. The molecule has 1 unspecified atom stereocenters. The number of halogens is 1. The quantitative estimate of drug-likeness (QED) is 0.563. The summed E-state index contributed by atoms with van der Waals surface area (Å²) in [5.74, 6) is 0.258. The van der Waals surface area contributed by atoms with E-state index in [9.17, 15) is 9.59 Å². The average Bonchev–Trinajstić information content (AvgIpc) is 3.46. The zero-order valence-corrected chi connectivity index (χ0v) is 17.8. The van der Waals surface area contributed by atoms with E-state index in [0.717, 1.165) is 24.1 Å². The summed E-state index contributed by atoms with van der Waals surface area (Å²) in [5, 5.41) is 14.4. The fourth-order valence-corrected chi connectivity index (χ4v) is 3.81. The first-order chi connectivity index (χ1) is 14.5. The molecule has 3 aromatic rings. The van der Waals surface area contributed by atoms with Crippen LogP contribution in [0.5, 0.6) is 0 Å². The Morgan fingerprint density at radius 3 is 2.47 bits per heavy atom. The second-order valence-electron chi connectivity index (χ2n) is 6.98. The van der Waals surface area contributed by atoms with Crippen LogP contribution in [0, 0.1) is 0 Å². The average molecular weight is 442 g/mol. The number of para-hydroxylation sites is 1. The van der Waals surface area contributed by atoms with Gasteiger partial charge >= 0.3 is 6.03 Å². The number of thioether (sulfide) groups is 1. The van der Waals surface area contributed by atoms with Gasteiger partial charge in [-0.3, -0.25) is 14.7 Å². The zero-order chi connectivity index (χ0) is 21.1. The van der Waals surface area contributed by atoms with Crippen LogP contribution in [0.25, 0.3) is 17.1 Å². The van der Waals surface area contributed by atoms with Crippen LogP contribution >= 0.6 is 23.4 Å². The van der Waals surface area contributed by atoms with Gasteiger partial charge in [0.05, 0.1) is 5.25 Å². The van der Waals surface area contributed by atoms with Crippen molar-refractivity contribution in [3.8, 4) is 17.1 Å². The number of nitrogens with zero attached hydrogens (tertiary/aromatic N) is 3. The molecule has 2 N–H and O–H groups in total. The van der Waals surface area contributed by atoms with Gasteiger partial charge in [0, 0.05) is 22.3 Å². The minimum absolute atomic E-state index is 0.184. The summed E-state index contributed by atoms with van der Waals surface area (Å²) in [4.78, 5) is 24.3. The van der Waals surface area contributed by atoms with Crippen molar-refractivity contribution in [2.24, 2.45) is 0 Å². The van der Waals surface area contributed by atoms with E-state index in [1.165, 1.54) is 11.8 Å². The van der Waals surface area contributed by atoms with E-state index in [1.807, 2.05) is 47.0 Å². The molecule has 1 aliphatic rings. The molecule has 9 heteroatoms. The van der Waals surface area contributed by atoms with Crippen LogP contribution in [0.1, 0.15) is 19.8 Å². The monoisotopic (exact) mass is 441 g/mol. The van der Waals surface area contributed by atoms with E-state index >= 15 is 0 Å². The summed E-state index contributed by atoms with van der Waals surface area (Å²) in [6.45, 7) is 1.73. The van der Waals surface area contributed by atoms with Gasteiger partial charge in [0.2, 0.25) is 5.91 Å². The molecule has 3 amide bonds. The summed E-state index contributed by atoms with van der Waals surface area (Å²) < 4.78 is 1.89. The summed E-state index contributed by atoms with van der Waals surface area (Å²) in [6, 6.07) is 16.7. The number of imide groups is 1. The largest absolute Gasteiger partial charge is 0.335 e. The van der Waals surface area contributed by atoms with Gasteiger partial charge in [-0.1, -0.05) is 41.6 Å². The lowest BCUT2D eigenvalue weighted by molar-refractivity contribution is -0.119. The smallest absolute Gasteiger partial charge is 0.321 e. The number of hydrogen-bond donors (Lipinski definition) is 2. The first-order valence-electron chi connectivity index (χ1n) is 9.56. The molecule has 0 aliphatic heterocycles. The lowest BCUT2D eigenvalue weighted by atomic mass is 10.2. The molecular weight excluding hydrogens is 422 g/mol. The van der Waals surface area contributed by atoms with E-state index in [1.54, 1.807) is 19.1 Å². The van der Waals surface area contributed by atoms with Crippen LogP contribution in [0.3, 0.4) is 0 Å². The maximum Gasteiger partial charge on any atom is 0.321 e. The minimum Gasteiger partial charge on any atom is -0.335 e. The van der Waals surface area contributed by atoms with Crippen molar-refractivity contribution in [2.45, 2.75) is 36.2 Å². The Labute approximate surface area is 183 Å². The summed E-state index contributed by atoms with van der Waals surface area (Å²) in [6.07, 6.45) is 1.92. The number of rotatable bonds is 6. The third-order valence-electron chi connectivity index (χ3n) is 4.55. The molecule has 1 heterocycles. The van der Waals surface area contributed by atoms with Gasteiger partial charge < -0.3 is 5.32 Å². The minimum atomic E-state index is -0.542. The van der Waals surface area contributed by atoms with Crippen molar-refractivity contribution < 1.29 is 9.59 Å². The molecule has 1 saturated carbocycles. The highest BCUT2D eigenvalue weighted by molar-refractivity contribution is 8.00. The molecule has 30 heavy (non-hydrogen) atoms. The normalized spacial score (nSPS) is 14.2. The number of amides is 3. The molecule has 2 aromatic carbocycles. The fraction of sp³-hybridized carbons (Fsp3) is 0.238. The molecular formula is C21H20ClN5O2S. The Balaban J connectivity index is 1.58. The number of benzene rings is 2. The Morgan fingerprint density at radius 2 is 1.80 bits per heavy atom. The first-order valence-corrected chi connectivity index (χ1v) is 10.8. The Morgan fingerprint density at radius 1 is 1.10 bits per heavy atom. The van der Waals surface area contributed by atoms with Gasteiger partial charge in [0.1, 0.15) is 0 Å². The molecule has 1 fully saturated rings. The molecule has 0 radical (unpaired) electrons. The fourth-order valence-electron chi connectivity index (χ4n) is 2.82. The van der Waals surface area contributed by atoms with E-state index in [-0.39, 0.29) is 11.9 Å². The number of hydrogen-bond acceptors (Lipinski definition) is 5. The van der Waals surface area contributed by atoms with Gasteiger partial charge in [-0.05, 0) is 56.2 Å². The van der Waals surface area contributed by atoms with Crippen molar-refractivity contribution in [3.05, 3.63) is 59.6 Å². The Kier molecular flexibility index (Phi) is 6.06. The molecule has 0 bridgehead atoms. The molecule has 7 nitrogen and oxygen atoms in total. The van der Waals surface area contributed by atoms with Crippen LogP contribution in [0.2, 0.25) is 5.02 Å². The van der Waals surface area contributed by atoms with Crippen molar-refractivity contribution in [2.75, 3.05) is 0 Å². The summed E-state index contributed by atoms with van der Waals surface area (Å²) in [7, 11) is 0. The summed E-state index contributed by atoms with van der Waals surface area (Å²) >= 11 is 7.26. The molecule has 1 atom stereocenters. The molecule has 1 aliphatic carbocycles. The van der Waals surface area contributed by atoms with Crippen molar-refractivity contribution >= 4 is 35.3 Å². The third-order valence-corrected chi connectivity index (χ3v) is 5.85. The van der Waals surface area contributed by atoms with Gasteiger partial charge in [0.25, 0.3) is 0 Å². The third kappa shape index (κ3) is 4.83. The maximum absolute atomic E-state index is 12.5. The molecule has 1 aromatic heterocycles.